The van der Waals surface area contributed by atoms with Gasteiger partial charge in [0.05, 0.1) is 5.69 Å². The van der Waals surface area contributed by atoms with E-state index >= 15 is 0 Å². The molecule has 1 aromatic rings. The Hall–Kier alpha value is -1.33. The number of aromatic nitrogens is 2. The second-order valence-corrected chi connectivity index (χ2v) is 3.23. The molecule has 0 spiro atoms. The number of rotatable bonds is 4. The fraction of sp³-hybridized carbons (Fsp3) is 0.556. The third-order valence-electron chi connectivity index (χ3n) is 1.68. The normalized spacial score (nSPS) is 11.1. The van der Waals surface area contributed by atoms with Gasteiger partial charge in [-0.2, -0.15) is 9.37 Å². The monoisotopic (exact) mass is 220 g/mol. The second kappa shape index (κ2) is 4.95. The highest BCUT2D eigenvalue weighted by Crippen LogP contribution is 2.21. The number of hydrogen-bond acceptors (Lipinski definition) is 3. The number of nitrogens with zero attached hydrogens (tertiary/aromatic N) is 2. The Balaban J connectivity index is 2.85. The Labute approximate surface area is 85.3 Å². The summed E-state index contributed by atoms with van der Waals surface area (Å²) in [6.45, 7) is 2.61. The zero-order chi connectivity index (χ0) is 11.4. The lowest BCUT2D eigenvalue weighted by Crippen LogP contribution is -2.11. The maximum Gasteiger partial charge on any atom is 0.272 e. The minimum Gasteiger partial charge on any atom is -0.469 e. The van der Waals surface area contributed by atoms with Crippen molar-refractivity contribution in [2.75, 3.05) is 6.61 Å². The van der Waals surface area contributed by atoms with Crippen LogP contribution in [-0.2, 0) is 0 Å². The Bertz CT molecular complexity index is 331. The van der Waals surface area contributed by atoms with E-state index in [1.165, 1.54) is 0 Å². The summed E-state index contributed by atoms with van der Waals surface area (Å²) in [6.07, 6.45) is -1.55. The Morgan fingerprint density at radius 3 is 2.53 bits per heavy atom. The van der Waals surface area contributed by atoms with Crippen LogP contribution >= 0.6 is 0 Å². The van der Waals surface area contributed by atoms with Crippen molar-refractivity contribution >= 4 is 0 Å². The highest BCUT2D eigenvalue weighted by molar-refractivity contribution is 5.19. The standard InChI is InChI=1S/C9H11F3N2O/c1-5(2)8-7(12)9(14-4-13-8)15-3-6(10)11/h4-6H,3H2,1-2H3. The van der Waals surface area contributed by atoms with Crippen molar-refractivity contribution in [3.8, 4) is 5.88 Å². The molecule has 3 nitrogen and oxygen atoms in total. The first-order valence-corrected chi connectivity index (χ1v) is 4.43. The quantitative estimate of drug-likeness (QED) is 0.781. The summed E-state index contributed by atoms with van der Waals surface area (Å²) in [7, 11) is 0. The third-order valence-corrected chi connectivity index (χ3v) is 1.68. The summed E-state index contributed by atoms with van der Waals surface area (Å²) in [5, 5.41) is 0. The molecule has 0 aliphatic heterocycles. The van der Waals surface area contributed by atoms with Gasteiger partial charge in [0.25, 0.3) is 12.3 Å². The molecule has 1 heterocycles. The Kier molecular flexibility index (Phi) is 3.88. The highest BCUT2D eigenvalue weighted by atomic mass is 19.3. The number of halogens is 3. The van der Waals surface area contributed by atoms with Gasteiger partial charge in [0, 0.05) is 0 Å². The van der Waals surface area contributed by atoms with Crippen LogP contribution in [0.1, 0.15) is 25.5 Å². The Morgan fingerprint density at radius 2 is 2.00 bits per heavy atom. The molecule has 0 saturated heterocycles. The number of ether oxygens (including phenoxy) is 1. The summed E-state index contributed by atoms with van der Waals surface area (Å²) < 4.78 is 41.6. The SMILES string of the molecule is CC(C)c1ncnc(OCC(F)F)c1F. The molecular formula is C9H11F3N2O. The van der Waals surface area contributed by atoms with Crippen molar-refractivity contribution in [3.05, 3.63) is 17.8 Å². The summed E-state index contributed by atoms with van der Waals surface area (Å²) in [5.74, 6) is -1.34. The van der Waals surface area contributed by atoms with Crippen LogP contribution in [0.2, 0.25) is 0 Å². The molecule has 1 aromatic heterocycles. The van der Waals surface area contributed by atoms with E-state index < -0.39 is 24.7 Å². The second-order valence-electron chi connectivity index (χ2n) is 3.23. The van der Waals surface area contributed by atoms with E-state index in [1.807, 2.05) is 0 Å². The van der Waals surface area contributed by atoms with Gasteiger partial charge in [-0.05, 0) is 5.92 Å². The lowest BCUT2D eigenvalue weighted by atomic mass is 10.1. The van der Waals surface area contributed by atoms with Crippen LogP contribution in [0.3, 0.4) is 0 Å². The van der Waals surface area contributed by atoms with Crippen molar-refractivity contribution in [1.82, 2.24) is 9.97 Å². The van der Waals surface area contributed by atoms with E-state index in [4.69, 9.17) is 0 Å². The predicted molar refractivity (Wildman–Crippen MR) is 47.6 cm³/mol. The molecule has 1 rings (SSSR count). The largest absolute Gasteiger partial charge is 0.469 e. The fourth-order valence-corrected chi connectivity index (χ4v) is 1.01. The van der Waals surface area contributed by atoms with Gasteiger partial charge < -0.3 is 4.74 Å². The maximum absolute atomic E-state index is 13.5. The predicted octanol–water partition coefficient (Wildman–Crippen LogP) is 2.38. The lowest BCUT2D eigenvalue weighted by molar-refractivity contribution is 0.0770. The Morgan fingerprint density at radius 1 is 1.33 bits per heavy atom. The molecule has 6 heteroatoms. The van der Waals surface area contributed by atoms with Crippen LogP contribution in [-0.4, -0.2) is 23.0 Å². The summed E-state index contributed by atoms with van der Waals surface area (Å²) in [4.78, 5) is 7.16. The minimum atomic E-state index is -2.65. The van der Waals surface area contributed by atoms with Crippen molar-refractivity contribution in [2.24, 2.45) is 0 Å². The van der Waals surface area contributed by atoms with E-state index in [9.17, 15) is 13.2 Å². The number of alkyl halides is 2. The topological polar surface area (TPSA) is 35.0 Å². The van der Waals surface area contributed by atoms with E-state index in [-0.39, 0.29) is 11.6 Å². The first kappa shape index (κ1) is 11.7. The van der Waals surface area contributed by atoms with Crippen molar-refractivity contribution < 1.29 is 17.9 Å². The summed E-state index contributed by atoms with van der Waals surface area (Å²) in [6, 6.07) is 0. The molecular weight excluding hydrogens is 209 g/mol. The van der Waals surface area contributed by atoms with E-state index in [1.54, 1.807) is 13.8 Å². The molecule has 0 aliphatic rings. The van der Waals surface area contributed by atoms with Gasteiger partial charge >= 0.3 is 0 Å². The average molecular weight is 220 g/mol. The van der Waals surface area contributed by atoms with Crippen molar-refractivity contribution in [2.45, 2.75) is 26.2 Å². The van der Waals surface area contributed by atoms with E-state index in [2.05, 4.69) is 14.7 Å². The van der Waals surface area contributed by atoms with Crippen molar-refractivity contribution in [1.29, 1.82) is 0 Å². The smallest absolute Gasteiger partial charge is 0.272 e. The van der Waals surface area contributed by atoms with Gasteiger partial charge in [-0.25, -0.2) is 13.8 Å². The first-order chi connectivity index (χ1) is 7.02. The minimum absolute atomic E-state index is 0.151. The maximum atomic E-state index is 13.5. The van der Waals surface area contributed by atoms with Crippen molar-refractivity contribution in [3.63, 3.8) is 0 Å². The molecule has 0 atom stereocenters. The molecule has 0 amide bonds. The fourth-order valence-electron chi connectivity index (χ4n) is 1.01. The van der Waals surface area contributed by atoms with Gasteiger partial charge in [0.1, 0.15) is 6.33 Å². The van der Waals surface area contributed by atoms with Crippen LogP contribution in [0.15, 0.2) is 6.33 Å². The first-order valence-electron chi connectivity index (χ1n) is 4.43. The van der Waals surface area contributed by atoms with E-state index in [0.717, 1.165) is 6.33 Å². The molecule has 0 radical (unpaired) electrons. The summed E-state index contributed by atoms with van der Waals surface area (Å²) in [5.41, 5.74) is 0.161. The van der Waals surface area contributed by atoms with Crippen LogP contribution < -0.4 is 4.74 Å². The molecule has 84 valence electrons. The number of hydrogen-bond donors (Lipinski definition) is 0. The molecule has 0 aromatic carbocycles. The summed E-state index contributed by atoms with van der Waals surface area (Å²) >= 11 is 0. The van der Waals surface area contributed by atoms with Gasteiger partial charge in [0.15, 0.2) is 6.61 Å². The van der Waals surface area contributed by atoms with Crippen LogP contribution in [0.4, 0.5) is 13.2 Å². The molecule has 0 saturated carbocycles. The molecule has 0 bridgehead atoms. The average Bonchev–Trinajstić information content (AvgIpc) is 2.15. The zero-order valence-corrected chi connectivity index (χ0v) is 8.38. The lowest BCUT2D eigenvalue weighted by Gasteiger charge is -2.09. The third kappa shape index (κ3) is 3.07. The zero-order valence-electron chi connectivity index (χ0n) is 8.38. The van der Waals surface area contributed by atoms with Crippen LogP contribution in [0.25, 0.3) is 0 Å². The van der Waals surface area contributed by atoms with Gasteiger partial charge in [-0.1, -0.05) is 13.8 Å². The van der Waals surface area contributed by atoms with Crippen LogP contribution in [0, 0.1) is 5.82 Å². The van der Waals surface area contributed by atoms with Crippen LogP contribution in [0.5, 0.6) is 5.88 Å². The molecule has 0 aliphatic carbocycles. The molecule has 15 heavy (non-hydrogen) atoms. The highest BCUT2D eigenvalue weighted by Gasteiger charge is 2.16. The van der Waals surface area contributed by atoms with E-state index in [0.29, 0.717) is 0 Å². The molecule has 0 N–H and O–H groups in total. The van der Waals surface area contributed by atoms with Gasteiger partial charge in [-0.15, -0.1) is 0 Å². The molecule has 0 fully saturated rings. The molecule has 0 unspecified atom stereocenters. The van der Waals surface area contributed by atoms with Gasteiger partial charge in [-0.3, -0.25) is 0 Å². The van der Waals surface area contributed by atoms with Gasteiger partial charge in [0.2, 0.25) is 5.82 Å².